The minimum absolute atomic E-state index is 0.0396. The molecule has 0 spiro atoms. The lowest BCUT2D eigenvalue weighted by atomic mass is 9.82. The first-order valence-electron chi connectivity index (χ1n) is 15.8. The summed E-state index contributed by atoms with van der Waals surface area (Å²) in [4.78, 5) is 51.3. The van der Waals surface area contributed by atoms with Gasteiger partial charge in [-0.3, -0.25) is 19.2 Å². The molecule has 7 rings (SSSR count). The molecule has 3 aliphatic carbocycles. The Labute approximate surface area is 264 Å². The SMILES string of the molecule is Cc1ccc2c(c1NC(C)C)C(=O)c1ccccc1C2=O.Cc1ccc2c(c1NC1CCCCC1)C(=O)c1ccccc1C2=O. The molecule has 0 amide bonds. The minimum Gasteiger partial charge on any atom is -0.382 e. The molecular formula is C39H38N2O4. The topological polar surface area (TPSA) is 92.3 Å². The molecule has 4 aromatic carbocycles. The normalized spacial score (nSPS) is 15.4. The van der Waals surface area contributed by atoms with Crippen molar-refractivity contribution in [1.82, 2.24) is 0 Å². The molecule has 1 fully saturated rings. The van der Waals surface area contributed by atoms with Gasteiger partial charge in [-0.05, 0) is 63.8 Å². The second-order valence-corrected chi connectivity index (χ2v) is 12.5. The Morgan fingerprint density at radius 1 is 0.533 bits per heavy atom. The van der Waals surface area contributed by atoms with Crippen LogP contribution < -0.4 is 10.6 Å². The van der Waals surface area contributed by atoms with Crippen LogP contribution in [0.5, 0.6) is 0 Å². The van der Waals surface area contributed by atoms with Crippen molar-refractivity contribution in [2.75, 3.05) is 10.6 Å². The highest BCUT2D eigenvalue weighted by atomic mass is 16.1. The van der Waals surface area contributed by atoms with Crippen molar-refractivity contribution in [3.05, 3.63) is 128 Å². The largest absolute Gasteiger partial charge is 0.382 e. The summed E-state index contributed by atoms with van der Waals surface area (Å²) in [5.74, 6) is -0.242. The van der Waals surface area contributed by atoms with Crippen LogP contribution in [0, 0.1) is 13.8 Å². The van der Waals surface area contributed by atoms with Crippen LogP contribution in [0.1, 0.15) is 121 Å². The van der Waals surface area contributed by atoms with Gasteiger partial charge in [-0.15, -0.1) is 0 Å². The van der Waals surface area contributed by atoms with Gasteiger partial charge in [-0.1, -0.05) is 79.9 Å². The van der Waals surface area contributed by atoms with Crippen molar-refractivity contribution >= 4 is 34.5 Å². The monoisotopic (exact) mass is 598 g/mol. The van der Waals surface area contributed by atoms with Gasteiger partial charge in [0, 0.05) is 56.8 Å². The second kappa shape index (κ2) is 12.3. The standard InChI is InChI=1S/C21H21NO2.C18H17NO2/c1-13-11-12-17-18(19(13)22-14-7-3-2-4-8-14)21(24)16-10-6-5-9-15(16)20(17)23;1-10(2)19-16-11(3)8-9-14-15(16)18(21)13-7-5-4-6-12(13)17(14)20/h5-6,9-12,14,22H,2-4,7-8H2,1H3;4-10,19H,1-3H3. The Morgan fingerprint density at radius 3 is 1.42 bits per heavy atom. The van der Waals surface area contributed by atoms with E-state index in [-0.39, 0.29) is 29.2 Å². The number of nitrogens with one attached hydrogen (secondary N) is 2. The molecule has 0 atom stereocenters. The van der Waals surface area contributed by atoms with Crippen LogP contribution in [-0.4, -0.2) is 35.2 Å². The first kappa shape index (κ1) is 30.2. The lowest BCUT2D eigenvalue weighted by Gasteiger charge is -2.28. The Kier molecular flexibility index (Phi) is 8.24. The zero-order valence-corrected chi connectivity index (χ0v) is 26.3. The first-order chi connectivity index (χ1) is 21.7. The number of fused-ring (bicyclic) bond motifs is 4. The van der Waals surface area contributed by atoms with Gasteiger partial charge in [-0.25, -0.2) is 0 Å². The molecule has 0 radical (unpaired) electrons. The summed E-state index contributed by atoms with van der Waals surface area (Å²) in [5, 5.41) is 6.90. The molecule has 3 aliphatic rings. The first-order valence-corrected chi connectivity index (χ1v) is 15.8. The maximum absolute atomic E-state index is 13.1. The number of carbonyl (C=O) groups is 4. The Morgan fingerprint density at radius 2 is 0.956 bits per heavy atom. The third kappa shape index (κ3) is 5.50. The lowest BCUT2D eigenvalue weighted by Crippen LogP contribution is -2.27. The molecule has 0 aromatic heterocycles. The zero-order valence-electron chi connectivity index (χ0n) is 26.3. The highest BCUT2D eigenvalue weighted by Gasteiger charge is 2.34. The fourth-order valence-corrected chi connectivity index (χ4v) is 6.69. The van der Waals surface area contributed by atoms with E-state index in [1.54, 1.807) is 48.5 Å². The summed E-state index contributed by atoms with van der Waals surface area (Å²) in [6.45, 7) is 7.98. The van der Waals surface area contributed by atoms with Crippen LogP contribution in [0.2, 0.25) is 0 Å². The van der Waals surface area contributed by atoms with Gasteiger partial charge < -0.3 is 10.6 Å². The molecule has 6 nitrogen and oxygen atoms in total. The maximum atomic E-state index is 13.1. The highest BCUT2D eigenvalue weighted by Crippen LogP contribution is 2.36. The molecule has 0 heterocycles. The molecule has 2 N–H and O–H groups in total. The van der Waals surface area contributed by atoms with Crippen molar-refractivity contribution in [2.24, 2.45) is 0 Å². The average Bonchev–Trinajstić information content (AvgIpc) is 3.05. The van der Waals surface area contributed by atoms with E-state index in [1.165, 1.54) is 19.3 Å². The third-order valence-electron chi connectivity index (χ3n) is 8.99. The smallest absolute Gasteiger partial charge is 0.196 e. The second-order valence-electron chi connectivity index (χ2n) is 12.5. The van der Waals surface area contributed by atoms with Gasteiger partial charge in [0.15, 0.2) is 23.1 Å². The molecule has 0 unspecified atom stereocenters. The molecule has 228 valence electrons. The summed E-state index contributed by atoms with van der Waals surface area (Å²) in [7, 11) is 0. The summed E-state index contributed by atoms with van der Waals surface area (Å²) in [6.07, 6.45) is 5.99. The van der Waals surface area contributed by atoms with E-state index in [0.717, 1.165) is 35.3 Å². The summed E-state index contributed by atoms with van der Waals surface area (Å²) < 4.78 is 0. The quantitative estimate of drug-likeness (QED) is 0.213. The fourth-order valence-electron chi connectivity index (χ4n) is 6.69. The summed E-state index contributed by atoms with van der Waals surface area (Å²) in [6, 6.07) is 22.1. The van der Waals surface area contributed by atoms with Crippen molar-refractivity contribution in [3.63, 3.8) is 0 Å². The Bertz CT molecular complexity index is 1860. The molecule has 4 aromatic rings. The van der Waals surface area contributed by atoms with E-state index in [1.807, 2.05) is 52.0 Å². The molecule has 0 saturated heterocycles. The molecule has 0 aliphatic heterocycles. The van der Waals surface area contributed by atoms with Crippen LogP contribution in [0.4, 0.5) is 11.4 Å². The molecule has 6 heteroatoms. The van der Waals surface area contributed by atoms with Crippen LogP contribution in [0.15, 0.2) is 72.8 Å². The predicted molar refractivity (Wildman–Crippen MR) is 178 cm³/mol. The molecule has 1 saturated carbocycles. The Hall–Kier alpha value is -4.84. The summed E-state index contributed by atoms with van der Waals surface area (Å²) >= 11 is 0. The number of carbonyl (C=O) groups excluding carboxylic acids is 4. The maximum Gasteiger partial charge on any atom is 0.196 e. The highest BCUT2D eigenvalue weighted by molar-refractivity contribution is 6.31. The average molecular weight is 599 g/mol. The minimum atomic E-state index is -0.0768. The van der Waals surface area contributed by atoms with Crippen LogP contribution in [-0.2, 0) is 0 Å². The molecule has 45 heavy (non-hydrogen) atoms. The van der Waals surface area contributed by atoms with Gasteiger partial charge >= 0.3 is 0 Å². The van der Waals surface area contributed by atoms with Crippen molar-refractivity contribution < 1.29 is 19.2 Å². The van der Waals surface area contributed by atoms with E-state index < -0.39 is 0 Å². The van der Waals surface area contributed by atoms with E-state index in [4.69, 9.17) is 0 Å². The van der Waals surface area contributed by atoms with Crippen LogP contribution >= 0.6 is 0 Å². The fraction of sp³-hybridized carbons (Fsp3) is 0.282. The number of hydrogen-bond acceptors (Lipinski definition) is 6. The number of aryl methyl sites for hydroxylation is 2. The Balaban J connectivity index is 0.000000160. The van der Waals surface area contributed by atoms with Gasteiger partial charge in [0.1, 0.15) is 0 Å². The van der Waals surface area contributed by atoms with Crippen molar-refractivity contribution in [3.8, 4) is 0 Å². The van der Waals surface area contributed by atoms with Crippen LogP contribution in [0.3, 0.4) is 0 Å². The lowest BCUT2D eigenvalue weighted by molar-refractivity contribution is 0.0979. The van der Waals surface area contributed by atoms with Gasteiger partial charge in [0.2, 0.25) is 0 Å². The third-order valence-corrected chi connectivity index (χ3v) is 8.99. The van der Waals surface area contributed by atoms with E-state index in [2.05, 4.69) is 10.6 Å². The number of hydrogen-bond donors (Lipinski definition) is 2. The predicted octanol–water partition coefficient (Wildman–Crippen LogP) is 8.11. The number of anilines is 2. The van der Waals surface area contributed by atoms with Gasteiger partial charge in [-0.2, -0.15) is 0 Å². The zero-order chi connectivity index (χ0) is 31.8. The van der Waals surface area contributed by atoms with Gasteiger partial charge in [0.05, 0.1) is 11.1 Å². The van der Waals surface area contributed by atoms with Crippen molar-refractivity contribution in [2.45, 2.75) is 71.9 Å². The number of benzene rings is 4. The number of rotatable bonds is 4. The summed E-state index contributed by atoms with van der Waals surface area (Å²) in [5.41, 5.74) is 7.74. The van der Waals surface area contributed by atoms with E-state index in [9.17, 15) is 19.2 Å². The van der Waals surface area contributed by atoms with Crippen molar-refractivity contribution in [1.29, 1.82) is 0 Å². The molecular weight excluding hydrogens is 560 g/mol. The molecule has 0 bridgehead atoms. The van der Waals surface area contributed by atoms with Crippen LogP contribution in [0.25, 0.3) is 0 Å². The number of ketones is 4. The van der Waals surface area contributed by atoms with E-state index in [0.29, 0.717) is 50.5 Å². The van der Waals surface area contributed by atoms with Gasteiger partial charge in [0.25, 0.3) is 0 Å². The van der Waals surface area contributed by atoms with E-state index >= 15 is 0 Å².